The summed E-state index contributed by atoms with van der Waals surface area (Å²) in [5.41, 5.74) is 4.87. The fourth-order valence-corrected chi connectivity index (χ4v) is 0.969. The van der Waals surface area contributed by atoms with Gasteiger partial charge in [-0.05, 0) is 23.8 Å². The van der Waals surface area contributed by atoms with Gasteiger partial charge in [-0.15, -0.1) is 0 Å². The van der Waals surface area contributed by atoms with Crippen molar-refractivity contribution in [2.45, 2.75) is 0 Å². The molecule has 15 heavy (non-hydrogen) atoms. The lowest BCUT2D eigenvalue weighted by Crippen LogP contribution is -2.05. The van der Waals surface area contributed by atoms with Crippen LogP contribution in [0.3, 0.4) is 0 Å². The third-order valence-electron chi connectivity index (χ3n) is 1.64. The van der Waals surface area contributed by atoms with Gasteiger partial charge < -0.3 is 5.73 Å². The van der Waals surface area contributed by atoms with E-state index in [4.69, 9.17) is 11.0 Å². The molecule has 1 rings (SSSR count). The molecular formula is C10H6F2N2O. The maximum absolute atomic E-state index is 12.8. The van der Waals surface area contributed by atoms with Crippen molar-refractivity contribution in [3.63, 3.8) is 0 Å². The van der Waals surface area contributed by atoms with Crippen molar-refractivity contribution in [3.8, 4) is 6.07 Å². The third kappa shape index (κ3) is 2.61. The number of amides is 1. The SMILES string of the molecule is N#Cc1cc(F)c(F)cc1C=CC(N)=O. The van der Waals surface area contributed by atoms with E-state index in [0.717, 1.165) is 24.3 Å². The molecule has 5 heteroatoms. The van der Waals surface area contributed by atoms with Crippen molar-refractivity contribution >= 4 is 12.0 Å². The van der Waals surface area contributed by atoms with Crippen molar-refractivity contribution in [1.29, 1.82) is 5.26 Å². The number of primary amides is 1. The maximum atomic E-state index is 12.8. The average molecular weight is 208 g/mol. The van der Waals surface area contributed by atoms with Crippen LogP contribution in [-0.4, -0.2) is 5.91 Å². The van der Waals surface area contributed by atoms with Gasteiger partial charge in [0.15, 0.2) is 11.6 Å². The van der Waals surface area contributed by atoms with Crippen LogP contribution in [-0.2, 0) is 4.79 Å². The van der Waals surface area contributed by atoms with E-state index in [2.05, 4.69) is 0 Å². The van der Waals surface area contributed by atoms with Crippen LogP contribution in [0.5, 0.6) is 0 Å². The van der Waals surface area contributed by atoms with Crippen molar-refractivity contribution in [3.05, 3.63) is 41.0 Å². The van der Waals surface area contributed by atoms with Gasteiger partial charge >= 0.3 is 0 Å². The Hall–Kier alpha value is -2.22. The van der Waals surface area contributed by atoms with Crippen molar-refractivity contribution < 1.29 is 13.6 Å². The summed E-state index contributed by atoms with van der Waals surface area (Å²) < 4.78 is 25.5. The average Bonchev–Trinajstić information content (AvgIpc) is 2.19. The Kier molecular flexibility index (Phi) is 3.13. The molecule has 0 saturated carbocycles. The van der Waals surface area contributed by atoms with Crippen molar-refractivity contribution in [2.75, 3.05) is 0 Å². The molecule has 1 aromatic carbocycles. The van der Waals surface area contributed by atoms with Crippen LogP contribution < -0.4 is 5.73 Å². The number of hydrogen-bond donors (Lipinski definition) is 1. The highest BCUT2D eigenvalue weighted by Gasteiger charge is 2.07. The molecule has 2 N–H and O–H groups in total. The zero-order chi connectivity index (χ0) is 11.4. The van der Waals surface area contributed by atoms with Crippen LogP contribution in [0.25, 0.3) is 6.08 Å². The summed E-state index contributed by atoms with van der Waals surface area (Å²) in [7, 11) is 0. The fourth-order valence-electron chi connectivity index (χ4n) is 0.969. The van der Waals surface area contributed by atoms with Crippen molar-refractivity contribution in [1.82, 2.24) is 0 Å². The molecule has 0 fully saturated rings. The first-order valence-electron chi connectivity index (χ1n) is 3.91. The number of nitrogens with zero attached hydrogens (tertiary/aromatic N) is 1. The number of carbonyl (C=O) groups excluding carboxylic acids is 1. The summed E-state index contributed by atoms with van der Waals surface area (Å²) in [6.07, 6.45) is 2.12. The van der Waals surface area contributed by atoms with Gasteiger partial charge in [0.25, 0.3) is 0 Å². The number of hydrogen-bond acceptors (Lipinski definition) is 2. The highest BCUT2D eigenvalue weighted by molar-refractivity contribution is 5.90. The van der Waals surface area contributed by atoms with Crippen LogP contribution in [0.1, 0.15) is 11.1 Å². The van der Waals surface area contributed by atoms with E-state index in [1.165, 1.54) is 0 Å². The van der Waals surface area contributed by atoms with Gasteiger partial charge in [0, 0.05) is 6.08 Å². The lowest BCUT2D eigenvalue weighted by atomic mass is 10.1. The van der Waals surface area contributed by atoms with Gasteiger partial charge in [0.1, 0.15) is 0 Å². The van der Waals surface area contributed by atoms with E-state index in [9.17, 15) is 13.6 Å². The van der Waals surface area contributed by atoms with Crippen LogP contribution in [0.4, 0.5) is 8.78 Å². The molecule has 0 unspecified atom stereocenters. The molecule has 0 atom stereocenters. The highest BCUT2D eigenvalue weighted by atomic mass is 19.2. The van der Waals surface area contributed by atoms with Crippen LogP contribution in [0, 0.1) is 23.0 Å². The van der Waals surface area contributed by atoms with Crippen molar-refractivity contribution in [2.24, 2.45) is 5.73 Å². The summed E-state index contributed by atoms with van der Waals surface area (Å²) in [4.78, 5) is 10.4. The number of halogens is 2. The summed E-state index contributed by atoms with van der Waals surface area (Å²) >= 11 is 0. The molecule has 0 aromatic heterocycles. The van der Waals surface area contributed by atoms with Gasteiger partial charge in [0.2, 0.25) is 5.91 Å². The zero-order valence-corrected chi connectivity index (χ0v) is 7.50. The predicted octanol–water partition coefficient (Wildman–Crippen LogP) is 1.33. The largest absolute Gasteiger partial charge is 0.366 e. The Morgan fingerprint density at radius 1 is 1.40 bits per heavy atom. The first-order chi connectivity index (χ1) is 7.04. The van der Waals surface area contributed by atoms with E-state index in [1.54, 1.807) is 6.07 Å². The number of carbonyl (C=O) groups is 1. The number of benzene rings is 1. The minimum absolute atomic E-state index is 0.0635. The molecule has 76 valence electrons. The quantitative estimate of drug-likeness (QED) is 0.745. The minimum atomic E-state index is -1.11. The zero-order valence-electron chi connectivity index (χ0n) is 7.50. The second-order valence-electron chi connectivity index (χ2n) is 2.70. The maximum Gasteiger partial charge on any atom is 0.241 e. The highest BCUT2D eigenvalue weighted by Crippen LogP contribution is 2.15. The first-order valence-corrected chi connectivity index (χ1v) is 3.91. The van der Waals surface area contributed by atoms with Gasteiger partial charge in [-0.1, -0.05) is 0 Å². The van der Waals surface area contributed by atoms with E-state index in [0.29, 0.717) is 0 Å². The summed E-state index contributed by atoms with van der Waals surface area (Å²) in [6, 6.07) is 3.26. The molecule has 0 aliphatic heterocycles. The van der Waals surface area contributed by atoms with Gasteiger partial charge in [-0.25, -0.2) is 8.78 Å². The molecule has 1 aromatic rings. The number of nitriles is 1. The summed E-state index contributed by atoms with van der Waals surface area (Å²) in [5, 5.41) is 8.61. The van der Waals surface area contributed by atoms with E-state index >= 15 is 0 Å². The van der Waals surface area contributed by atoms with Crippen LogP contribution in [0.2, 0.25) is 0 Å². The van der Waals surface area contributed by atoms with E-state index in [-0.39, 0.29) is 11.1 Å². The summed E-state index contributed by atoms with van der Waals surface area (Å²) in [6.45, 7) is 0. The standard InChI is InChI=1S/C10H6F2N2O/c11-8-3-6(1-2-10(14)15)7(5-13)4-9(8)12/h1-4H,(H2,14,15). The Morgan fingerprint density at radius 3 is 2.53 bits per heavy atom. The third-order valence-corrected chi connectivity index (χ3v) is 1.64. The molecule has 0 aliphatic rings. The van der Waals surface area contributed by atoms with Crippen LogP contribution >= 0.6 is 0 Å². The predicted molar refractivity (Wildman–Crippen MR) is 49.3 cm³/mol. The number of rotatable bonds is 2. The second-order valence-corrected chi connectivity index (χ2v) is 2.70. The fraction of sp³-hybridized carbons (Fsp3) is 0. The van der Waals surface area contributed by atoms with E-state index < -0.39 is 17.5 Å². The number of nitrogens with two attached hydrogens (primary N) is 1. The van der Waals surface area contributed by atoms with E-state index in [1.807, 2.05) is 0 Å². The Balaban J connectivity index is 3.23. The lowest BCUT2D eigenvalue weighted by molar-refractivity contribution is -0.113. The topological polar surface area (TPSA) is 66.9 Å². The molecule has 0 aliphatic carbocycles. The molecule has 0 heterocycles. The second kappa shape index (κ2) is 4.33. The Bertz CT molecular complexity index is 475. The normalized spacial score (nSPS) is 10.2. The molecule has 0 radical (unpaired) electrons. The summed E-state index contributed by atoms with van der Waals surface area (Å²) in [5.74, 6) is -2.93. The Labute approximate surface area is 84.4 Å². The lowest BCUT2D eigenvalue weighted by Gasteiger charge is -1.98. The Morgan fingerprint density at radius 2 is 2.00 bits per heavy atom. The van der Waals surface area contributed by atoms with Gasteiger partial charge in [-0.3, -0.25) is 4.79 Å². The molecule has 0 saturated heterocycles. The molecule has 3 nitrogen and oxygen atoms in total. The first kappa shape index (κ1) is 10.9. The van der Waals surface area contributed by atoms with Crippen LogP contribution in [0.15, 0.2) is 18.2 Å². The molecule has 1 amide bonds. The smallest absolute Gasteiger partial charge is 0.241 e. The van der Waals surface area contributed by atoms with Gasteiger partial charge in [0.05, 0.1) is 11.6 Å². The minimum Gasteiger partial charge on any atom is -0.366 e. The molecule has 0 bridgehead atoms. The van der Waals surface area contributed by atoms with Gasteiger partial charge in [-0.2, -0.15) is 5.26 Å². The molecular weight excluding hydrogens is 202 g/mol. The monoisotopic (exact) mass is 208 g/mol. The molecule has 0 spiro atoms.